The minimum atomic E-state index is -0.745. The Morgan fingerprint density at radius 1 is 1.25 bits per heavy atom. The maximum atomic E-state index is 9.37. The minimum Gasteiger partial charge on any atom is -0.481 e. The van der Waals surface area contributed by atoms with Crippen molar-refractivity contribution in [3.63, 3.8) is 0 Å². The standard InChI is InChI=1S/C9H13N.C3H6O2.H3N/c1-10(2)8-9-6-4-3-5-7-9;1-2-3(4)5;/h3-7H,8H2,1-2H3;2H2,1H3,(H,4,5);1H3. The SMILES string of the molecule is CCC(=O)O.CN(C)Cc1ccccc1.N. The zero-order chi connectivity index (χ0) is 11.7. The van der Waals surface area contributed by atoms with Gasteiger partial charge in [0.05, 0.1) is 0 Å². The number of rotatable bonds is 3. The molecule has 0 aliphatic rings. The molecule has 0 aromatic heterocycles. The zero-order valence-electron chi connectivity index (χ0n) is 10.3. The molecule has 0 saturated heterocycles. The maximum Gasteiger partial charge on any atom is 0.303 e. The van der Waals surface area contributed by atoms with Crippen molar-refractivity contribution in [2.75, 3.05) is 14.1 Å². The van der Waals surface area contributed by atoms with E-state index in [1.54, 1.807) is 6.92 Å². The molecular formula is C12H22N2O2. The summed E-state index contributed by atoms with van der Waals surface area (Å²) in [4.78, 5) is 11.5. The monoisotopic (exact) mass is 226 g/mol. The molecule has 0 atom stereocenters. The number of carboxylic acid groups (broad SMARTS) is 1. The Bertz CT molecular complexity index is 274. The first kappa shape index (κ1) is 17.0. The van der Waals surface area contributed by atoms with E-state index in [0.29, 0.717) is 0 Å². The lowest BCUT2D eigenvalue weighted by molar-refractivity contribution is -0.136. The third-order valence-corrected chi connectivity index (χ3v) is 1.64. The first-order valence-electron chi connectivity index (χ1n) is 4.96. The fraction of sp³-hybridized carbons (Fsp3) is 0.417. The Kier molecular flexibility index (Phi) is 10.8. The van der Waals surface area contributed by atoms with Crippen LogP contribution in [0.1, 0.15) is 18.9 Å². The molecule has 0 amide bonds. The van der Waals surface area contributed by atoms with Crippen LogP contribution in [0.15, 0.2) is 30.3 Å². The largest absolute Gasteiger partial charge is 0.481 e. The second-order valence-electron chi connectivity index (χ2n) is 3.47. The van der Waals surface area contributed by atoms with Crippen molar-refractivity contribution in [1.82, 2.24) is 11.1 Å². The van der Waals surface area contributed by atoms with Crippen LogP contribution in [-0.4, -0.2) is 30.1 Å². The molecule has 4 nitrogen and oxygen atoms in total. The Morgan fingerprint density at radius 3 is 2.00 bits per heavy atom. The molecule has 4 N–H and O–H groups in total. The third kappa shape index (κ3) is 10.7. The summed E-state index contributed by atoms with van der Waals surface area (Å²) >= 11 is 0. The van der Waals surface area contributed by atoms with Gasteiger partial charge in [0.1, 0.15) is 0 Å². The first-order valence-corrected chi connectivity index (χ1v) is 4.96. The van der Waals surface area contributed by atoms with Crippen molar-refractivity contribution < 1.29 is 9.90 Å². The van der Waals surface area contributed by atoms with E-state index in [0.717, 1.165) is 6.54 Å². The van der Waals surface area contributed by atoms with Gasteiger partial charge in [0.15, 0.2) is 0 Å². The van der Waals surface area contributed by atoms with Crippen LogP contribution in [0.2, 0.25) is 0 Å². The number of hydrogen-bond acceptors (Lipinski definition) is 3. The number of aliphatic carboxylic acids is 1. The van der Waals surface area contributed by atoms with Gasteiger partial charge >= 0.3 is 5.97 Å². The fourth-order valence-electron chi connectivity index (χ4n) is 0.949. The van der Waals surface area contributed by atoms with E-state index in [2.05, 4.69) is 43.3 Å². The lowest BCUT2D eigenvalue weighted by Gasteiger charge is -2.08. The van der Waals surface area contributed by atoms with Crippen molar-refractivity contribution in [3.8, 4) is 0 Å². The van der Waals surface area contributed by atoms with E-state index < -0.39 is 5.97 Å². The van der Waals surface area contributed by atoms with Gasteiger partial charge in [-0.3, -0.25) is 4.79 Å². The van der Waals surface area contributed by atoms with Crippen LogP contribution in [-0.2, 0) is 11.3 Å². The highest BCUT2D eigenvalue weighted by Crippen LogP contribution is 1.99. The number of benzene rings is 1. The number of nitrogens with zero attached hydrogens (tertiary/aromatic N) is 1. The molecule has 0 saturated carbocycles. The maximum absolute atomic E-state index is 9.37. The van der Waals surface area contributed by atoms with Gasteiger partial charge in [0, 0.05) is 13.0 Å². The van der Waals surface area contributed by atoms with E-state index in [1.807, 2.05) is 6.07 Å². The summed E-state index contributed by atoms with van der Waals surface area (Å²) in [6, 6.07) is 10.5. The molecule has 92 valence electrons. The zero-order valence-corrected chi connectivity index (χ0v) is 10.3. The molecule has 4 heteroatoms. The van der Waals surface area contributed by atoms with Crippen LogP contribution in [0, 0.1) is 0 Å². The van der Waals surface area contributed by atoms with Gasteiger partial charge in [-0.05, 0) is 19.7 Å². The van der Waals surface area contributed by atoms with E-state index in [-0.39, 0.29) is 12.6 Å². The Hall–Kier alpha value is -1.39. The molecule has 0 radical (unpaired) electrons. The van der Waals surface area contributed by atoms with E-state index >= 15 is 0 Å². The summed E-state index contributed by atoms with van der Waals surface area (Å²) in [7, 11) is 4.15. The van der Waals surface area contributed by atoms with Crippen molar-refractivity contribution in [2.45, 2.75) is 19.9 Å². The average molecular weight is 226 g/mol. The average Bonchev–Trinajstić information content (AvgIpc) is 2.19. The van der Waals surface area contributed by atoms with Gasteiger partial charge in [0.2, 0.25) is 0 Å². The fourth-order valence-corrected chi connectivity index (χ4v) is 0.949. The molecule has 0 aliphatic heterocycles. The predicted octanol–water partition coefficient (Wildman–Crippen LogP) is 2.39. The molecule has 1 aromatic rings. The van der Waals surface area contributed by atoms with Crippen LogP contribution in [0.4, 0.5) is 0 Å². The van der Waals surface area contributed by atoms with E-state index in [4.69, 9.17) is 5.11 Å². The number of carboxylic acids is 1. The lowest BCUT2D eigenvalue weighted by Crippen LogP contribution is -2.10. The molecule has 16 heavy (non-hydrogen) atoms. The molecular weight excluding hydrogens is 204 g/mol. The summed E-state index contributed by atoms with van der Waals surface area (Å²) in [5.74, 6) is -0.745. The smallest absolute Gasteiger partial charge is 0.303 e. The topological polar surface area (TPSA) is 75.5 Å². The molecule has 0 unspecified atom stereocenters. The summed E-state index contributed by atoms with van der Waals surface area (Å²) in [6.07, 6.45) is 0.222. The molecule has 0 fully saturated rings. The highest BCUT2D eigenvalue weighted by atomic mass is 16.4. The van der Waals surface area contributed by atoms with Crippen LogP contribution in [0.5, 0.6) is 0 Å². The summed E-state index contributed by atoms with van der Waals surface area (Å²) in [5, 5.41) is 7.72. The Morgan fingerprint density at radius 2 is 1.69 bits per heavy atom. The lowest BCUT2D eigenvalue weighted by atomic mass is 10.2. The molecule has 1 aromatic carbocycles. The van der Waals surface area contributed by atoms with Crippen molar-refractivity contribution in [3.05, 3.63) is 35.9 Å². The minimum absolute atomic E-state index is 0. The van der Waals surface area contributed by atoms with E-state index in [9.17, 15) is 4.79 Å². The molecule has 0 spiro atoms. The highest BCUT2D eigenvalue weighted by Gasteiger charge is 1.90. The Balaban J connectivity index is 0. The summed E-state index contributed by atoms with van der Waals surface area (Å²) in [6.45, 7) is 2.63. The molecule has 0 bridgehead atoms. The summed E-state index contributed by atoms with van der Waals surface area (Å²) in [5.41, 5.74) is 1.37. The summed E-state index contributed by atoms with van der Waals surface area (Å²) < 4.78 is 0. The third-order valence-electron chi connectivity index (χ3n) is 1.64. The van der Waals surface area contributed by atoms with Gasteiger partial charge in [-0.15, -0.1) is 0 Å². The number of hydrogen-bond donors (Lipinski definition) is 2. The molecule has 1 rings (SSSR count). The van der Waals surface area contributed by atoms with Crippen LogP contribution in [0.3, 0.4) is 0 Å². The van der Waals surface area contributed by atoms with Gasteiger partial charge in [-0.25, -0.2) is 0 Å². The predicted molar refractivity (Wildman–Crippen MR) is 66.8 cm³/mol. The highest BCUT2D eigenvalue weighted by molar-refractivity contribution is 5.66. The number of carbonyl (C=O) groups is 1. The molecule has 0 aliphatic carbocycles. The van der Waals surface area contributed by atoms with Gasteiger partial charge in [0.25, 0.3) is 0 Å². The van der Waals surface area contributed by atoms with Crippen LogP contribution < -0.4 is 6.15 Å². The second kappa shape index (κ2) is 10.1. The van der Waals surface area contributed by atoms with Gasteiger partial charge in [-0.2, -0.15) is 0 Å². The molecule has 0 heterocycles. The van der Waals surface area contributed by atoms with Crippen molar-refractivity contribution >= 4 is 5.97 Å². The van der Waals surface area contributed by atoms with Crippen molar-refractivity contribution in [2.24, 2.45) is 0 Å². The van der Waals surface area contributed by atoms with Crippen molar-refractivity contribution in [1.29, 1.82) is 0 Å². The van der Waals surface area contributed by atoms with E-state index in [1.165, 1.54) is 5.56 Å². The Labute approximate surface area is 97.5 Å². The van der Waals surface area contributed by atoms with Crippen LogP contribution in [0.25, 0.3) is 0 Å². The second-order valence-corrected chi connectivity index (χ2v) is 3.47. The quantitative estimate of drug-likeness (QED) is 0.829. The first-order chi connectivity index (χ1) is 7.06. The van der Waals surface area contributed by atoms with Gasteiger partial charge < -0.3 is 16.2 Å². The van der Waals surface area contributed by atoms with Gasteiger partial charge in [-0.1, -0.05) is 37.3 Å². The van der Waals surface area contributed by atoms with Crippen LogP contribution >= 0.6 is 0 Å². The normalized spacial score (nSPS) is 8.75.